The second-order valence-electron chi connectivity index (χ2n) is 4.41. The third-order valence-corrected chi connectivity index (χ3v) is 2.64. The van der Waals surface area contributed by atoms with Crippen LogP contribution in [0.25, 0.3) is 0 Å². The van der Waals surface area contributed by atoms with Crippen LogP contribution in [0.1, 0.15) is 38.9 Å². The van der Waals surface area contributed by atoms with E-state index in [-0.39, 0.29) is 5.91 Å². The van der Waals surface area contributed by atoms with Crippen LogP contribution in [-0.4, -0.2) is 23.7 Å². The molecular formula is C14H20FNO3. The van der Waals surface area contributed by atoms with E-state index in [0.717, 1.165) is 6.42 Å². The van der Waals surface area contributed by atoms with Crippen molar-refractivity contribution < 1.29 is 19.0 Å². The lowest BCUT2D eigenvalue weighted by Gasteiger charge is -2.18. The van der Waals surface area contributed by atoms with Crippen LogP contribution < -0.4 is 10.1 Å². The minimum Gasteiger partial charge on any atom is -0.481 e. The number of benzene rings is 1. The molecule has 0 radical (unpaired) electrons. The average Bonchev–Trinajstić information content (AvgIpc) is 2.37. The van der Waals surface area contributed by atoms with Gasteiger partial charge in [0.2, 0.25) is 0 Å². The number of carbonyl (C=O) groups is 1. The molecule has 0 bridgehead atoms. The molecule has 2 atom stereocenters. The molecule has 1 aromatic carbocycles. The Morgan fingerprint density at radius 1 is 1.47 bits per heavy atom. The Balaban J connectivity index is 2.78. The summed E-state index contributed by atoms with van der Waals surface area (Å²) in [6, 6.07) is 3.86. The number of aliphatic hydroxyl groups excluding tert-OH is 1. The van der Waals surface area contributed by atoms with Gasteiger partial charge in [0.1, 0.15) is 11.6 Å². The van der Waals surface area contributed by atoms with Gasteiger partial charge >= 0.3 is 0 Å². The highest BCUT2D eigenvalue weighted by Crippen LogP contribution is 2.26. The van der Waals surface area contributed by atoms with Crippen LogP contribution >= 0.6 is 0 Å². The first-order valence-electron chi connectivity index (χ1n) is 6.37. The average molecular weight is 269 g/mol. The fourth-order valence-electron chi connectivity index (χ4n) is 1.59. The highest BCUT2D eigenvalue weighted by Gasteiger charge is 2.17. The summed E-state index contributed by atoms with van der Waals surface area (Å²) in [5, 5.41) is 12.3. The van der Waals surface area contributed by atoms with E-state index in [9.17, 15) is 14.3 Å². The number of aliphatic hydroxyl groups is 1. The smallest absolute Gasteiger partial charge is 0.260 e. The van der Waals surface area contributed by atoms with E-state index < -0.39 is 18.0 Å². The molecule has 4 nitrogen and oxygen atoms in total. The number of hydrogen-bond acceptors (Lipinski definition) is 3. The predicted molar refractivity (Wildman–Crippen MR) is 70.4 cm³/mol. The van der Waals surface area contributed by atoms with E-state index in [4.69, 9.17) is 4.74 Å². The fourth-order valence-corrected chi connectivity index (χ4v) is 1.59. The number of hydrogen-bond donors (Lipinski definition) is 2. The van der Waals surface area contributed by atoms with Crippen molar-refractivity contribution in [3.63, 3.8) is 0 Å². The largest absolute Gasteiger partial charge is 0.481 e. The maximum Gasteiger partial charge on any atom is 0.260 e. The molecule has 0 aliphatic carbocycles. The first kappa shape index (κ1) is 15.4. The van der Waals surface area contributed by atoms with Crippen LogP contribution in [0, 0.1) is 5.82 Å². The van der Waals surface area contributed by atoms with E-state index in [1.807, 2.05) is 6.92 Å². The molecule has 0 aliphatic heterocycles. The Kier molecular flexibility index (Phi) is 5.76. The molecule has 1 amide bonds. The second-order valence-corrected chi connectivity index (χ2v) is 4.41. The van der Waals surface area contributed by atoms with Gasteiger partial charge in [0.05, 0.1) is 6.10 Å². The van der Waals surface area contributed by atoms with Gasteiger partial charge in [-0.25, -0.2) is 4.39 Å². The summed E-state index contributed by atoms with van der Waals surface area (Å²) in [4.78, 5) is 11.7. The van der Waals surface area contributed by atoms with Gasteiger partial charge < -0.3 is 15.2 Å². The van der Waals surface area contributed by atoms with Gasteiger partial charge in [-0.15, -0.1) is 0 Å². The zero-order valence-corrected chi connectivity index (χ0v) is 11.4. The molecular weight excluding hydrogens is 249 g/mol. The quantitative estimate of drug-likeness (QED) is 0.832. The zero-order valence-electron chi connectivity index (χ0n) is 11.4. The summed E-state index contributed by atoms with van der Waals surface area (Å²) in [5.74, 6) is -0.371. The number of nitrogens with one attached hydrogen (secondary N) is 1. The van der Waals surface area contributed by atoms with Gasteiger partial charge in [-0.05, 0) is 38.5 Å². The maximum absolute atomic E-state index is 13.1. The number of ether oxygens (including phenoxy) is 1. The predicted octanol–water partition coefficient (Wildman–Crippen LogP) is 2.17. The molecule has 0 saturated carbocycles. The highest BCUT2D eigenvalue weighted by molar-refractivity contribution is 5.80. The molecule has 0 fully saturated rings. The van der Waals surface area contributed by atoms with Crippen molar-refractivity contribution in [2.45, 2.75) is 39.4 Å². The normalized spacial score (nSPS) is 13.7. The molecule has 0 spiro atoms. The van der Waals surface area contributed by atoms with E-state index in [1.165, 1.54) is 25.1 Å². The zero-order chi connectivity index (χ0) is 14.4. The summed E-state index contributed by atoms with van der Waals surface area (Å²) >= 11 is 0. The van der Waals surface area contributed by atoms with Gasteiger partial charge in [0.25, 0.3) is 5.91 Å². The molecule has 0 saturated heterocycles. The Hall–Kier alpha value is -1.62. The first-order chi connectivity index (χ1) is 8.95. The van der Waals surface area contributed by atoms with Crippen LogP contribution in [0.3, 0.4) is 0 Å². The van der Waals surface area contributed by atoms with E-state index in [1.54, 1.807) is 6.92 Å². The molecule has 1 aromatic rings. The number of rotatable bonds is 6. The Bertz CT molecular complexity index is 435. The fraction of sp³-hybridized carbons (Fsp3) is 0.500. The van der Waals surface area contributed by atoms with Crippen molar-refractivity contribution in [2.24, 2.45) is 0 Å². The van der Waals surface area contributed by atoms with E-state index in [0.29, 0.717) is 17.9 Å². The molecule has 0 aliphatic rings. The standard InChI is InChI=1S/C14H20FNO3/c1-4-7-16-14(18)10(3)19-13-6-5-11(15)8-12(13)9(2)17/h5-6,8-10,17H,4,7H2,1-3H3,(H,16,18)/t9-,10?/m0/s1. The van der Waals surface area contributed by atoms with Gasteiger partial charge in [0, 0.05) is 12.1 Å². The topological polar surface area (TPSA) is 58.6 Å². The highest BCUT2D eigenvalue weighted by atomic mass is 19.1. The molecule has 5 heteroatoms. The van der Waals surface area contributed by atoms with Crippen LogP contribution in [0.2, 0.25) is 0 Å². The molecule has 0 heterocycles. The summed E-state index contributed by atoms with van der Waals surface area (Å²) in [7, 11) is 0. The molecule has 0 aromatic heterocycles. The van der Waals surface area contributed by atoms with Gasteiger partial charge in [-0.2, -0.15) is 0 Å². The third-order valence-electron chi connectivity index (χ3n) is 2.64. The lowest BCUT2D eigenvalue weighted by atomic mass is 10.1. The summed E-state index contributed by atoms with van der Waals surface area (Å²) < 4.78 is 18.6. The second kappa shape index (κ2) is 7.09. The van der Waals surface area contributed by atoms with Crippen molar-refractivity contribution in [3.05, 3.63) is 29.6 Å². The van der Waals surface area contributed by atoms with Crippen molar-refractivity contribution in [3.8, 4) is 5.75 Å². The summed E-state index contributed by atoms with van der Waals surface area (Å²) in [6.45, 7) is 5.67. The number of carbonyl (C=O) groups excluding carboxylic acids is 1. The van der Waals surface area contributed by atoms with E-state index in [2.05, 4.69) is 5.32 Å². The van der Waals surface area contributed by atoms with Crippen molar-refractivity contribution >= 4 is 5.91 Å². The molecule has 106 valence electrons. The van der Waals surface area contributed by atoms with Gasteiger partial charge in [-0.3, -0.25) is 4.79 Å². The lowest BCUT2D eigenvalue weighted by Crippen LogP contribution is -2.36. The Morgan fingerprint density at radius 3 is 2.74 bits per heavy atom. The Labute approximate surface area is 112 Å². The minimum atomic E-state index is -0.864. The van der Waals surface area contributed by atoms with Crippen LogP contribution in [0.15, 0.2) is 18.2 Å². The van der Waals surface area contributed by atoms with Crippen molar-refractivity contribution in [1.29, 1.82) is 0 Å². The minimum absolute atomic E-state index is 0.234. The lowest BCUT2D eigenvalue weighted by molar-refractivity contribution is -0.127. The molecule has 1 rings (SSSR count). The molecule has 1 unspecified atom stereocenters. The van der Waals surface area contributed by atoms with Crippen LogP contribution in [0.5, 0.6) is 5.75 Å². The van der Waals surface area contributed by atoms with E-state index >= 15 is 0 Å². The van der Waals surface area contributed by atoms with Gasteiger partial charge in [-0.1, -0.05) is 6.92 Å². The monoisotopic (exact) mass is 269 g/mol. The first-order valence-corrected chi connectivity index (χ1v) is 6.37. The SMILES string of the molecule is CCCNC(=O)C(C)Oc1ccc(F)cc1[C@H](C)O. The molecule has 2 N–H and O–H groups in total. The summed E-state index contributed by atoms with van der Waals surface area (Å²) in [6.07, 6.45) is -0.723. The van der Waals surface area contributed by atoms with Crippen molar-refractivity contribution in [1.82, 2.24) is 5.32 Å². The number of amides is 1. The molecule has 19 heavy (non-hydrogen) atoms. The Morgan fingerprint density at radius 2 is 2.16 bits per heavy atom. The van der Waals surface area contributed by atoms with Crippen LogP contribution in [-0.2, 0) is 4.79 Å². The van der Waals surface area contributed by atoms with Gasteiger partial charge in [0.15, 0.2) is 6.10 Å². The number of halogens is 1. The van der Waals surface area contributed by atoms with Crippen molar-refractivity contribution in [2.75, 3.05) is 6.54 Å². The summed E-state index contributed by atoms with van der Waals surface area (Å²) in [5.41, 5.74) is 0.329. The maximum atomic E-state index is 13.1. The third kappa shape index (κ3) is 4.52. The van der Waals surface area contributed by atoms with Crippen LogP contribution in [0.4, 0.5) is 4.39 Å².